The number of hydrogen-bond acceptors (Lipinski definition) is 6. The fourth-order valence-corrected chi connectivity index (χ4v) is 1.62. The van der Waals surface area contributed by atoms with E-state index in [1.807, 2.05) is 41.5 Å². The molecule has 0 rings (SSSR count). The summed E-state index contributed by atoms with van der Waals surface area (Å²) in [6.45, 7) is 14.2. The van der Waals surface area contributed by atoms with E-state index >= 15 is 0 Å². The van der Waals surface area contributed by atoms with E-state index in [4.69, 9.17) is 9.05 Å². The largest absolute Gasteiger partial charge is 0.474 e. The number of phosphoric acid groups is 1. The molecular formula is C14H36NO5P. The minimum absolute atomic E-state index is 0.0344. The second-order valence-corrected chi connectivity index (χ2v) is 4.63. The molecule has 0 aliphatic carbocycles. The predicted octanol–water partition coefficient (Wildman–Crippen LogP) is 4.05. The van der Waals surface area contributed by atoms with Crippen molar-refractivity contribution in [1.29, 1.82) is 0 Å². The Hall–Kier alpha value is -0.260. The zero-order chi connectivity index (χ0) is 17.7. The summed E-state index contributed by atoms with van der Waals surface area (Å²) in [6.07, 6.45) is 0.197. The molecule has 7 heteroatoms. The lowest BCUT2D eigenvalue weighted by atomic mass is 10.3. The van der Waals surface area contributed by atoms with Crippen molar-refractivity contribution >= 4 is 13.6 Å². The zero-order valence-electron chi connectivity index (χ0n) is 15.3. The molecule has 0 bridgehead atoms. The van der Waals surface area contributed by atoms with E-state index in [-0.39, 0.29) is 25.4 Å². The first-order chi connectivity index (χ1) is 10.0. The smallest absolute Gasteiger partial charge is 0.317 e. The number of carbonyl (C=O) groups is 1. The molecule has 0 saturated heterocycles. The van der Waals surface area contributed by atoms with Crippen LogP contribution in [0.3, 0.4) is 0 Å². The van der Waals surface area contributed by atoms with Crippen molar-refractivity contribution in [3.8, 4) is 0 Å². The Morgan fingerprint density at radius 2 is 1.43 bits per heavy atom. The first-order valence-corrected chi connectivity index (χ1v) is 9.09. The maximum absolute atomic E-state index is 11.6. The number of carbonyl (C=O) groups excluding carboxylic acids is 1. The third-order valence-corrected chi connectivity index (χ3v) is 2.97. The van der Waals surface area contributed by atoms with E-state index in [2.05, 4.69) is 9.84 Å². The maximum atomic E-state index is 11.6. The molecule has 0 amide bonds. The molecule has 1 unspecified atom stereocenters. The van der Waals surface area contributed by atoms with Gasteiger partial charge >= 0.3 is 7.82 Å². The van der Waals surface area contributed by atoms with Crippen molar-refractivity contribution in [3.63, 3.8) is 0 Å². The van der Waals surface area contributed by atoms with Crippen LogP contribution in [-0.2, 0) is 22.9 Å². The Bertz CT molecular complexity index is 237. The Morgan fingerprint density at radius 1 is 1.00 bits per heavy atom. The third kappa shape index (κ3) is 25.1. The molecule has 132 valence electrons. The van der Waals surface area contributed by atoms with E-state index in [1.165, 1.54) is 14.0 Å². The summed E-state index contributed by atoms with van der Waals surface area (Å²) >= 11 is 0. The van der Waals surface area contributed by atoms with Crippen LogP contribution in [0.5, 0.6) is 0 Å². The summed E-state index contributed by atoms with van der Waals surface area (Å²) in [5, 5.41) is 2.83. The van der Waals surface area contributed by atoms with E-state index in [1.54, 1.807) is 7.05 Å². The summed E-state index contributed by atoms with van der Waals surface area (Å²) in [5.74, 6) is -0.0344. The van der Waals surface area contributed by atoms with E-state index in [0.29, 0.717) is 6.54 Å². The molecule has 0 fully saturated rings. The highest BCUT2D eigenvalue weighted by atomic mass is 31.2. The molecule has 0 saturated carbocycles. The Balaban J connectivity index is -0.000000212. The average molecular weight is 329 g/mol. The lowest BCUT2D eigenvalue weighted by Gasteiger charge is -2.15. The minimum atomic E-state index is -3.48. The summed E-state index contributed by atoms with van der Waals surface area (Å²) in [5.41, 5.74) is 0. The van der Waals surface area contributed by atoms with Gasteiger partial charge < -0.3 is 5.32 Å². The van der Waals surface area contributed by atoms with Crippen LogP contribution < -0.4 is 5.32 Å². The SMILES string of the molecule is CC.CC.CC.CNCCOP(=O)(OC)OCCC(C)=O. The second-order valence-electron chi connectivity index (χ2n) is 2.85. The highest BCUT2D eigenvalue weighted by Crippen LogP contribution is 2.48. The van der Waals surface area contributed by atoms with E-state index in [9.17, 15) is 9.36 Å². The quantitative estimate of drug-likeness (QED) is 0.508. The number of phosphoric ester groups is 1. The highest BCUT2D eigenvalue weighted by molar-refractivity contribution is 7.48. The summed E-state index contributed by atoms with van der Waals surface area (Å²) in [6, 6.07) is 0. The number of hydrogen-bond donors (Lipinski definition) is 1. The molecule has 0 aliphatic rings. The first kappa shape index (κ1) is 28.8. The number of nitrogens with one attached hydrogen (secondary N) is 1. The lowest BCUT2D eigenvalue weighted by Crippen LogP contribution is -2.14. The molecule has 0 spiro atoms. The van der Waals surface area contributed by atoms with Gasteiger partial charge in [0, 0.05) is 20.1 Å². The van der Waals surface area contributed by atoms with Gasteiger partial charge in [0.25, 0.3) is 0 Å². The molecule has 0 aliphatic heterocycles. The van der Waals surface area contributed by atoms with Crippen LogP contribution in [0.1, 0.15) is 54.9 Å². The van der Waals surface area contributed by atoms with Crippen molar-refractivity contribution in [2.24, 2.45) is 0 Å². The van der Waals surface area contributed by atoms with Crippen molar-refractivity contribution < 1.29 is 22.9 Å². The van der Waals surface area contributed by atoms with Crippen molar-refractivity contribution in [2.75, 3.05) is 33.9 Å². The zero-order valence-corrected chi connectivity index (χ0v) is 16.2. The summed E-state index contributed by atoms with van der Waals surface area (Å²) < 4.78 is 26.1. The molecule has 0 aromatic carbocycles. The monoisotopic (exact) mass is 329 g/mol. The Labute approximate surface area is 131 Å². The Morgan fingerprint density at radius 3 is 1.76 bits per heavy atom. The molecule has 21 heavy (non-hydrogen) atoms. The van der Waals surface area contributed by atoms with Gasteiger partial charge in [-0.1, -0.05) is 41.5 Å². The van der Waals surface area contributed by atoms with Gasteiger partial charge in [0.1, 0.15) is 5.78 Å². The van der Waals surface area contributed by atoms with E-state index < -0.39 is 7.82 Å². The van der Waals surface area contributed by atoms with Gasteiger partial charge in [-0.25, -0.2) is 4.57 Å². The molecular weight excluding hydrogens is 293 g/mol. The van der Waals surface area contributed by atoms with Gasteiger partial charge in [-0.2, -0.15) is 0 Å². The lowest BCUT2D eigenvalue weighted by molar-refractivity contribution is -0.117. The highest BCUT2D eigenvalue weighted by Gasteiger charge is 2.24. The average Bonchev–Trinajstić information content (AvgIpc) is 2.53. The van der Waals surface area contributed by atoms with Gasteiger partial charge in [-0.3, -0.25) is 18.4 Å². The van der Waals surface area contributed by atoms with Crippen molar-refractivity contribution in [1.82, 2.24) is 5.32 Å². The topological polar surface area (TPSA) is 73.9 Å². The van der Waals surface area contributed by atoms with E-state index in [0.717, 1.165) is 0 Å². The molecule has 1 N–H and O–H groups in total. The minimum Gasteiger partial charge on any atom is -0.317 e. The fourth-order valence-electron chi connectivity index (χ4n) is 0.703. The van der Waals surface area contributed by atoms with Gasteiger partial charge in [0.2, 0.25) is 0 Å². The Kier molecular flexibility index (Phi) is 34.0. The van der Waals surface area contributed by atoms with Gasteiger partial charge in [-0.05, 0) is 14.0 Å². The summed E-state index contributed by atoms with van der Waals surface area (Å²) in [4.78, 5) is 10.6. The van der Waals surface area contributed by atoms with Gasteiger partial charge in [0.15, 0.2) is 0 Å². The van der Waals surface area contributed by atoms with Crippen molar-refractivity contribution in [2.45, 2.75) is 54.9 Å². The molecule has 1 atom stereocenters. The number of ketones is 1. The van der Waals surface area contributed by atoms with Crippen LogP contribution in [0.15, 0.2) is 0 Å². The van der Waals surface area contributed by atoms with Gasteiger partial charge in [-0.15, -0.1) is 0 Å². The first-order valence-electron chi connectivity index (χ1n) is 7.63. The third-order valence-electron chi connectivity index (χ3n) is 1.53. The van der Waals surface area contributed by atoms with Crippen LogP contribution >= 0.6 is 7.82 Å². The predicted molar refractivity (Wildman–Crippen MR) is 89.8 cm³/mol. The normalized spacial score (nSPS) is 11.5. The number of Topliss-reactive ketones (excluding diaryl/α,β-unsaturated/α-hetero) is 1. The number of rotatable bonds is 9. The standard InChI is InChI=1S/C8H18NO5P.3C2H6/c1-8(10)4-6-13-15(11,12-3)14-7-5-9-2;3*1-2/h9H,4-7H2,1-3H3;3*1-2H3. The van der Waals surface area contributed by atoms with Crippen LogP contribution in [-0.4, -0.2) is 39.7 Å². The fraction of sp³-hybridized carbons (Fsp3) is 0.929. The second kappa shape index (κ2) is 24.7. The molecule has 0 radical (unpaired) electrons. The molecule has 0 heterocycles. The van der Waals surface area contributed by atoms with Crippen LogP contribution in [0, 0.1) is 0 Å². The van der Waals surface area contributed by atoms with Crippen LogP contribution in [0.25, 0.3) is 0 Å². The molecule has 0 aromatic rings. The summed E-state index contributed by atoms with van der Waals surface area (Å²) in [7, 11) is -0.487. The van der Waals surface area contributed by atoms with Gasteiger partial charge in [0.05, 0.1) is 13.2 Å². The van der Waals surface area contributed by atoms with Crippen LogP contribution in [0.4, 0.5) is 0 Å². The molecule has 6 nitrogen and oxygen atoms in total. The molecule has 0 aromatic heterocycles. The maximum Gasteiger partial charge on any atom is 0.474 e. The van der Waals surface area contributed by atoms with Crippen LogP contribution in [0.2, 0.25) is 0 Å². The number of likely N-dealkylation sites (N-methyl/N-ethyl adjacent to an activating group) is 1. The van der Waals surface area contributed by atoms with Crippen molar-refractivity contribution in [3.05, 3.63) is 0 Å².